The monoisotopic (exact) mass is 805 g/mol. The molecule has 0 spiro atoms. The molecule has 15 nitrogen and oxygen atoms in total. The highest BCUT2D eigenvalue weighted by atomic mass is 32.2. The van der Waals surface area contributed by atoms with Crippen LogP contribution in [-0.4, -0.2) is 85.2 Å². The Hall–Kier alpha value is -4.86. The summed E-state index contributed by atoms with van der Waals surface area (Å²) >= 11 is 0. The molecular formula is C41H55N7O8S. The molecule has 0 unspecified atom stereocenters. The van der Waals surface area contributed by atoms with E-state index in [2.05, 4.69) is 42.7 Å². The van der Waals surface area contributed by atoms with Crippen LogP contribution in [0.15, 0.2) is 54.3 Å². The van der Waals surface area contributed by atoms with Crippen LogP contribution in [0, 0.1) is 29.1 Å². The first-order chi connectivity index (χ1) is 27.1. The summed E-state index contributed by atoms with van der Waals surface area (Å²) < 4.78 is 27.6. The molecule has 1 heterocycles. The molecule has 5 N–H and O–H groups in total. The van der Waals surface area contributed by atoms with E-state index in [0.29, 0.717) is 12.8 Å². The molecule has 0 saturated heterocycles. The van der Waals surface area contributed by atoms with E-state index < -0.39 is 85.8 Å². The molecule has 7 atom stereocenters. The van der Waals surface area contributed by atoms with Gasteiger partial charge < -0.3 is 26.1 Å². The number of para-hydroxylation sites is 1. The second kappa shape index (κ2) is 16.9. The lowest BCUT2D eigenvalue weighted by molar-refractivity contribution is -0.139. The zero-order valence-corrected chi connectivity index (χ0v) is 33.9. The first-order valence-electron chi connectivity index (χ1n) is 19.9. The van der Waals surface area contributed by atoms with Gasteiger partial charge in [-0.3, -0.25) is 33.7 Å². The molecule has 1 aromatic heterocycles. The van der Waals surface area contributed by atoms with E-state index in [1.807, 2.05) is 24.3 Å². The van der Waals surface area contributed by atoms with Crippen molar-refractivity contribution in [2.24, 2.45) is 34.2 Å². The second-order valence-corrected chi connectivity index (χ2v) is 19.0. The van der Waals surface area contributed by atoms with Crippen molar-refractivity contribution in [1.29, 1.82) is 0 Å². The Bertz CT molecular complexity index is 2020. The van der Waals surface area contributed by atoms with Gasteiger partial charge in [-0.15, -0.1) is 6.58 Å². The van der Waals surface area contributed by atoms with Crippen LogP contribution in [0.25, 0.3) is 10.9 Å². The van der Waals surface area contributed by atoms with E-state index in [1.54, 1.807) is 39.2 Å². The molecule has 4 fully saturated rings. The molecule has 16 heteroatoms. The molecule has 5 amide bonds. The summed E-state index contributed by atoms with van der Waals surface area (Å²) in [6, 6.07) is 7.48. The average molecular weight is 806 g/mol. The van der Waals surface area contributed by atoms with Crippen LogP contribution in [0.2, 0.25) is 0 Å². The molecule has 57 heavy (non-hydrogen) atoms. The van der Waals surface area contributed by atoms with E-state index in [1.165, 1.54) is 13.1 Å². The van der Waals surface area contributed by atoms with Crippen LogP contribution in [0.1, 0.15) is 90.5 Å². The minimum Gasteiger partial charge on any atom is -0.392 e. The Balaban J connectivity index is 1.23. The fourth-order valence-corrected chi connectivity index (χ4v) is 9.63. The third kappa shape index (κ3) is 9.48. The van der Waals surface area contributed by atoms with E-state index in [-0.39, 0.29) is 31.1 Å². The van der Waals surface area contributed by atoms with Gasteiger partial charge in [-0.2, -0.15) is 0 Å². The lowest BCUT2D eigenvalue weighted by Crippen LogP contribution is -2.60. The summed E-state index contributed by atoms with van der Waals surface area (Å²) in [5, 5.41) is 15.7. The van der Waals surface area contributed by atoms with E-state index in [4.69, 9.17) is 4.84 Å². The molecule has 4 aliphatic carbocycles. The second-order valence-electron chi connectivity index (χ2n) is 17.1. The number of pyridine rings is 1. The summed E-state index contributed by atoms with van der Waals surface area (Å²) in [5.74, 6) is -5.51. The SMILES string of the molecule is C=C[C@@H]1C[C@]1(NC(=O)[C@@H]1C[C@@H](O/N=C/c2ccnc3ccccc23)C[C@H]1C(=O)N[C@@H](C(=O)N[C@@H](C(=O)NC)C1CCCCC1)C(C)(C)C)C(=O)NS(=O)(=O)C1CC1. The standard InChI is InChI=1S/C41H55N7O8S/c1-6-26-22-41(26,39(53)48-57(54,55)28-16-17-28)47-36(50)31-21-27(56-44-23-25-18-19-43-32-15-11-10-14-29(25)32)20-30(31)35(49)46-34(40(2,3)4)38(52)45-33(37(51)42-5)24-12-8-7-9-13-24/h6,10-11,14-15,18-19,23-24,26-28,30-31,33-34H,1,7-9,12-13,16-17,20-22H2,2-5H3,(H,42,51)(H,45,52)(H,46,49)(H,47,50)(H,48,53)/b44-23+/t26-,27+,30-,31-,33-,34+,41-/m1/s1. The largest absolute Gasteiger partial charge is 0.392 e. The lowest BCUT2D eigenvalue weighted by Gasteiger charge is -2.35. The highest BCUT2D eigenvalue weighted by Crippen LogP contribution is 2.46. The highest BCUT2D eigenvalue weighted by Gasteiger charge is 2.62. The number of hydrogen-bond acceptors (Lipinski definition) is 10. The van der Waals surface area contributed by atoms with E-state index in [9.17, 15) is 32.4 Å². The molecule has 0 aliphatic heterocycles. The Kier molecular flexibility index (Phi) is 12.4. The van der Waals surface area contributed by atoms with Crippen molar-refractivity contribution in [3.05, 3.63) is 54.7 Å². The predicted octanol–water partition coefficient (Wildman–Crippen LogP) is 2.99. The van der Waals surface area contributed by atoms with E-state index >= 15 is 0 Å². The number of likely N-dealkylation sites (N-methyl/N-ethyl adjacent to an activating group) is 1. The quantitative estimate of drug-likeness (QED) is 0.102. The van der Waals surface area contributed by atoms with Crippen molar-refractivity contribution in [3.8, 4) is 0 Å². The Morgan fingerprint density at radius 1 is 0.947 bits per heavy atom. The molecule has 4 saturated carbocycles. The fourth-order valence-electron chi connectivity index (χ4n) is 8.27. The molecule has 0 radical (unpaired) electrons. The highest BCUT2D eigenvalue weighted by molar-refractivity contribution is 7.91. The van der Waals surface area contributed by atoms with Crippen molar-refractivity contribution >= 4 is 56.7 Å². The van der Waals surface area contributed by atoms with Crippen molar-refractivity contribution in [2.45, 2.75) is 114 Å². The minimum atomic E-state index is -3.91. The van der Waals surface area contributed by atoms with Gasteiger partial charge in [0.2, 0.25) is 33.7 Å². The summed E-state index contributed by atoms with van der Waals surface area (Å²) in [5.41, 5.74) is -0.829. The number of amides is 5. The zero-order valence-electron chi connectivity index (χ0n) is 33.1. The predicted molar refractivity (Wildman–Crippen MR) is 214 cm³/mol. The number of oxime groups is 1. The van der Waals surface area contributed by atoms with Gasteiger partial charge in [0.1, 0.15) is 23.7 Å². The van der Waals surface area contributed by atoms with Gasteiger partial charge in [0.15, 0.2) is 0 Å². The number of nitrogens with zero attached hydrogens (tertiary/aromatic N) is 2. The Morgan fingerprint density at radius 3 is 2.26 bits per heavy atom. The molecule has 6 rings (SSSR count). The summed E-state index contributed by atoms with van der Waals surface area (Å²) in [7, 11) is -2.38. The van der Waals surface area contributed by atoms with Gasteiger partial charge in [0.05, 0.1) is 28.8 Å². The van der Waals surface area contributed by atoms with Crippen LogP contribution >= 0.6 is 0 Å². The number of carbonyl (C=O) groups is 5. The van der Waals surface area contributed by atoms with Crippen LogP contribution in [0.5, 0.6) is 0 Å². The van der Waals surface area contributed by atoms with Crippen LogP contribution in [-0.2, 0) is 38.8 Å². The summed E-state index contributed by atoms with van der Waals surface area (Å²) in [6.45, 7) is 9.18. The van der Waals surface area contributed by atoms with Crippen molar-refractivity contribution in [3.63, 3.8) is 0 Å². The van der Waals surface area contributed by atoms with Gasteiger partial charge in [-0.1, -0.05) is 69.5 Å². The molecule has 2 aromatic rings. The molecule has 0 bridgehead atoms. The summed E-state index contributed by atoms with van der Waals surface area (Å²) in [4.78, 5) is 79.4. The van der Waals surface area contributed by atoms with Crippen molar-refractivity contribution < 1.29 is 37.2 Å². The molecular weight excluding hydrogens is 751 g/mol. The van der Waals surface area contributed by atoms with Gasteiger partial charge >= 0.3 is 0 Å². The first kappa shape index (κ1) is 41.8. The zero-order chi connectivity index (χ0) is 41.1. The number of aromatic nitrogens is 1. The van der Waals surface area contributed by atoms with Crippen LogP contribution in [0.4, 0.5) is 0 Å². The van der Waals surface area contributed by atoms with E-state index in [0.717, 1.165) is 48.6 Å². The molecule has 1 aromatic carbocycles. The number of sulfonamides is 1. The number of nitrogens with one attached hydrogen (secondary N) is 5. The summed E-state index contributed by atoms with van der Waals surface area (Å²) in [6.07, 6.45) is 9.70. The van der Waals surface area contributed by atoms with Crippen LogP contribution < -0.4 is 26.0 Å². The number of rotatable bonds is 15. The lowest BCUT2D eigenvalue weighted by atomic mass is 9.82. The maximum absolute atomic E-state index is 14.4. The maximum atomic E-state index is 14.4. The Labute approximate surface area is 334 Å². The fraction of sp³-hybridized carbons (Fsp3) is 0.585. The van der Waals surface area contributed by atoms with Gasteiger partial charge in [0, 0.05) is 30.1 Å². The number of carbonyl (C=O) groups excluding carboxylic acids is 5. The smallest absolute Gasteiger partial charge is 0.259 e. The third-order valence-corrected chi connectivity index (χ3v) is 13.7. The first-order valence-corrected chi connectivity index (χ1v) is 21.5. The molecule has 4 aliphatic rings. The minimum absolute atomic E-state index is 0.0436. The van der Waals surface area contributed by atoms with Gasteiger partial charge in [0.25, 0.3) is 5.91 Å². The average Bonchev–Trinajstić information content (AvgIpc) is 4.12. The molecule has 308 valence electrons. The van der Waals surface area contributed by atoms with Gasteiger partial charge in [-0.25, -0.2) is 8.42 Å². The maximum Gasteiger partial charge on any atom is 0.259 e. The number of hydrogen-bond donors (Lipinski definition) is 5. The van der Waals surface area contributed by atoms with Crippen molar-refractivity contribution in [1.82, 2.24) is 31.0 Å². The normalized spacial score (nSPS) is 26.2. The van der Waals surface area contributed by atoms with Crippen LogP contribution in [0.3, 0.4) is 0 Å². The Morgan fingerprint density at radius 2 is 1.63 bits per heavy atom. The number of fused-ring (bicyclic) bond motifs is 1. The van der Waals surface area contributed by atoms with Crippen molar-refractivity contribution in [2.75, 3.05) is 7.05 Å². The third-order valence-electron chi connectivity index (χ3n) is 11.9. The number of benzene rings is 1. The topological polar surface area (TPSA) is 214 Å². The van der Waals surface area contributed by atoms with Gasteiger partial charge in [-0.05, 0) is 68.4 Å².